The maximum Gasteiger partial charge on any atom is 0.148 e. The molecule has 1 aromatic heterocycles. The van der Waals surface area contributed by atoms with Crippen molar-refractivity contribution in [2.75, 3.05) is 32.2 Å². The molecule has 3 atom stereocenters. The number of aromatic nitrogens is 1. The average Bonchev–Trinajstić information content (AvgIpc) is 3.13. The molecule has 1 aliphatic carbocycles. The maximum atomic E-state index is 11.1. The second-order valence-corrected chi connectivity index (χ2v) is 8.14. The number of pyridine rings is 1. The van der Waals surface area contributed by atoms with E-state index in [2.05, 4.69) is 24.8 Å². The molecular weight excluding hydrogens is 340 g/mol. The first-order valence-electron chi connectivity index (χ1n) is 9.99. The fourth-order valence-corrected chi connectivity index (χ4v) is 5.11. The number of fused-ring (bicyclic) bond motifs is 2. The molecule has 2 aliphatic rings. The molecule has 2 heterocycles. The van der Waals surface area contributed by atoms with E-state index >= 15 is 0 Å². The Morgan fingerprint density at radius 1 is 1.22 bits per heavy atom. The van der Waals surface area contributed by atoms with Gasteiger partial charge in [-0.25, -0.2) is 4.98 Å². The fourth-order valence-electron chi connectivity index (χ4n) is 5.11. The number of aryl methyl sites for hydroxylation is 1. The number of anilines is 1. The van der Waals surface area contributed by atoms with Crippen molar-refractivity contribution >= 4 is 16.7 Å². The lowest BCUT2D eigenvalue weighted by Gasteiger charge is -2.40. The number of hydrogen-bond acceptors (Lipinski definition) is 5. The molecule has 27 heavy (non-hydrogen) atoms. The van der Waals surface area contributed by atoms with Crippen molar-refractivity contribution in [2.45, 2.75) is 45.1 Å². The van der Waals surface area contributed by atoms with Crippen LogP contribution in [0.4, 0.5) is 5.82 Å². The van der Waals surface area contributed by atoms with E-state index in [0.29, 0.717) is 11.8 Å². The predicted octanol–water partition coefficient (Wildman–Crippen LogP) is 3.94. The Hall–Kier alpha value is -2.01. The van der Waals surface area contributed by atoms with Crippen molar-refractivity contribution in [3.8, 4) is 11.5 Å². The van der Waals surface area contributed by atoms with Crippen LogP contribution in [0.25, 0.3) is 10.9 Å². The summed E-state index contributed by atoms with van der Waals surface area (Å²) in [6.45, 7) is 6.08. The van der Waals surface area contributed by atoms with Crippen LogP contribution in [0, 0.1) is 18.8 Å². The zero-order valence-electron chi connectivity index (χ0n) is 16.8. The molecule has 0 radical (unpaired) electrons. The van der Waals surface area contributed by atoms with E-state index in [0.717, 1.165) is 66.1 Å². The van der Waals surface area contributed by atoms with E-state index < -0.39 is 5.60 Å². The van der Waals surface area contributed by atoms with E-state index in [9.17, 15) is 5.11 Å². The molecule has 0 bridgehead atoms. The zero-order valence-corrected chi connectivity index (χ0v) is 16.8. The van der Waals surface area contributed by atoms with Gasteiger partial charge in [-0.15, -0.1) is 0 Å². The standard InChI is InChI=1S/C22H30N2O3/c1-5-22(25)8-6-7-15-12-24(13-18(15)22)20-9-14(2)17-10-16(26-3)11-19(27-4)21(17)23-20/h9-11,15,18,25H,5-8,12-13H2,1-4H3/t15-,18+,22-/m0/s1. The third-order valence-corrected chi connectivity index (χ3v) is 6.75. The first-order chi connectivity index (χ1) is 13.0. The van der Waals surface area contributed by atoms with Crippen LogP contribution in [0.2, 0.25) is 0 Å². The highest BCUT2D eigenvalue weighted by molar-refractivity contribution is 5.90. The molecule has 1 aromatic carbocycles. The molecule has 5 heteroatoms. The number of aliphatic hydroxyl groups is 1. The van der Waals surface area contributed by atoms with Gasteiger partial charge < -0.3 is 19.5 Å². The second kappa shape index (κ2) is 6.86. The van der Waals surface area contributed by atoms with E-state index in [1.807, 2.05) is 12.1 Å². The number of nitrogens with zero attached hydrogens (tertiary/aromatic N) is 2. The minimum atomic E-state index is -0.519. The van der Waals surface area contributed by atoms with Gasteiger partial charge in [0.15, 0.2) is 0 Å². The van der Waals surface area contributed by atoms with Crippen LogP contribution in [0.3, 0.4) is 0 Å². The van der Waals surface area contributed by atoms with E-state index in [1.165, 1.54) is 6.42 Å². The molecule has 2 fully saturated rings. The van der Waals surface area contributed by atoms with Gasteiger partial charge in [0.1, 0.15) is 22.8 Å². The second-order valence-electron chi connectivity index (χ2n) is 8.14. The molecule has 1 N–H and O–H groups in total. The van der Waals surface area contributed by atoms with Crippen LogP contribution in [0.15, 0.2) is 18.2 Å². The average molecular weight is 370 g/mol. The number of ether oxygens (including phenoxy) is 2. The lowest BCUT2D eigenvalue weighted by Crippen LogP contribution is -2.44. The Labute approximate surface area is 161 Å². The van der Waals surface area contributed by atoms with Crippen molar-refractivity contribution in [3.05, 3.63) is 23.8 Å². The topological polar surface area (TPSA) is 54.8 Å². The lowest BCUT2D eigenvalue weighted by molar-refractivity contribution is -0.0597. The van der Waals surface area contributed by atoms with Crippen molar-refractivity contribution < 1.29 is 14.6 Å². The van der Waals surface area contributed by atoms with Gasteiger partial charge >= 0.3 is 0 Å². The summed E-state index contributed by atoms with van der Waals surface area (Å²) in [6.07, 6.45) is 4.09. The first kappa shape index (κ1) is 18.4. The smallest absolute Gasteiger partial charge is 0.148 e. The number of rotatable bonds is 4. The lowest BCUT2D eigenvalue weighted by atomic mass is 9.69. The third kappa shape index (κ3) is 3.02. The molecule has 1 aliphatic heterocycles. The highest BCUT2D eigenvalue weighted by atomic mass is 16.5. The van der Waals surface area contributed by atoms with Crippen LogP contribution in [-0.2, 0) is 0 Å². The largest absolute Gasteiger partial charge is 0.497 e. The number of methoxy groups -OCH3 is 2. The summed E-state index contributed by atoms with van der Waals surface area (Å²) in [6, 6.07) is 6.06. The van der Waals surface area contributed by atoms with Gasteiger partial charge in [0.2, 0.25) is 0 Å². The first-order valence-corrected chi connectivity index (χ1v) is 9.99. The van der Waals surface area contributed by atoms with Crippen molar-refractivity contribution in [2.24, 2.45) is 11.8 Å². The number of benzene rings is 1. The predicted molar refractivity (Wildman–Crippen MR) is 108 cm³/mol. The molecule has 5 nitrogen and oxygen atoms in total. The Morgan fingerprint density at radius 2 is 2.04 bits per heavy atom. The molecule has 2 aromatic rings. The summed E-state index contributed by atoms with van der Waals surface area (Å²) in [7, 11) is 3.34. The molecule has 1 saturated carbocycles. The quantitative estimate of drug-likeness (QED) is 0.883. The maximum absolute atomic E-state index is 11.1. The van der Waals surface area contributed by atoms with Gasteiger partial charge in [-0.05, 0) is 49.8 Å². The summed E-state index contributed by atoms with van der Waals surface area (Å²) in [5.41, 5.74) is 1.51. The minimum absolute atomic E-state index is 0.340. The molecular formula is C22H30N2O3. The van der Waals surface area contributed by atoms with E-state index in [4.69, 9.17) is 14.5 Å². The Balaban J connectivity index is 1.73. The van der Waals surface area contributed by atoms with Crippen molar-refractivity contribution in [1.29, 1.82) is 0 Å². The molecule has 1 saturated heterocycles. The van der Waals surface area contributed by atoms with E-state index in [-0.39, 0.29) is 0 Å². The molecule has 0 amide bonds. The van der Waals surface area contributed by atoms with Crippen molar-refractivity contribution in [3.63, 3.8) is 0 Å². The van der Waals surface area contributed by atoms with Crippen LogP contribution >= 0.6 is 0 Å². The Bertz CT molecular complexity index is 853. The summed E-state index contributed by atoms with van der Waals surface area (Å²) >= 11 is 0. The summed E-state index contributed by atoms with van der Waals surface area (Å²) in [4.78, 5) is 7.32. The highest BCUT2D eigenvalue weighted by Crippen LogP contribution is 2.45. The summed E-state index contributed by atoms with van der Waals surface area (Å²) in [5, 5.41) is 12.2. The van der Waals surface area contributed by atoms with Crippen LogP contribution in [-0.4, -0.2) is 43.0 Å². The van der Waals surface area contributed by atoms with Gasteiger partial charge in [0.05, 0.1) is 19.8 Å². The van der Waals surface area contributed by atoms with Gasteiger partial charge in [-0.1, -0.05) is 13.3 Å². The van der Waals surface area contributed by atoms with Gasteiger partial charge in [0.25, 0.3) is 0 Å². The van der Waals surface area contributed by atoms with E-state index in [1.54, 1.807) is 14.2 Å². The van der Waals surface area contributed by atoms with Crippen LogP contribution in [0.5, 0.6) is 11.5 Å². The third-order valence-electron chi connectivity index (χ3n) is 6.75. The van der Waals surface area contributed by atoms with Gasteiger partial charge in [0, 0.05) is 30.5 Å². The van der Waals surface area contributed by atoms with Gasteiger partial charge in [-0.2, -0.15) is 0 Å². The van der Waals surface area contributed by atoms with Gasteiger partial charge in [-0.3, -0.25) is 0 Å². The molecule has 146 valence electrons. The molecule has 0 spiro atoms. The normalized spacial score (nSPS) is 27.7. The minimum Gasteiger partial charge on any atom is -0.497 e. The highest BCUT2D eigenvalue weighted by Gasteiger charge is 2.48. The monoisotopic (exact) mass is 370 g/mol. The number of hydrogen-bond donors (Lipinski definition) is 1. The SMILES string of the molecule is CC[C@]1(O)CCC[C@H]2CN(c3cc(C)c4cc(OC)cc(OC)c4n3)C[C@H]21. The fraction of sp³-hybridized carbons (Fsp3) is 0.591. The van der Waals surface area contributed by atoms with Crippen LogP contribution in [0.1, 0.15) is 38.2 Å². The zero-order chi connectivity index (χ0) is 19.2. The van der Waals surface area contributed by atoms with Crippen LogP contribution < -0.4 is 14.4 Å². The molecule has 0 unspecified atom stereocenters. The Kier molecular flexibility index (Phi) is 4.66. The summed E-state index contributed by atoms with van der Waals surface area (Å²) < 4.78 is 11.0. The molecule has 4 rings (SSSR count). The van der Waals surface area contributed by atoms with Crippen molar-refractivity contribution in [1.82, 2.24) is 4.98 Å². The Morgan fingerprint density at radius 3 is 2.74 bits per heavy atom. The summed E-state index contributed by atoms with van der Waals surface area (Å²) in [5.74, 6) is 3.38.